The normalized spacial score (nSPS) is 10.8. The highest BCUT2D eigenvalue weighted by Gasteiger charge is 2.23. The second-order valence-electron chi connectivity index (χ2n) is 5.58. The number of halogens is 1. The molecule has 4 heteroatoms. The lowest BCUT2D eigenvalue weighted by Gasteiger charge is -2.16. The summed E-state index contributed by atoms with van der Waals surface area (Å²) in [6, 6.07) is 4.07. The van der Waals surface area contributed by atoms with Gasteiger partial charge in [-0.15, -0.1) is 4.73 Å². The van der Waals surface area contributed by atoms with Gasteiger partial charge < -0.3 is 9.94 Å². The number of pyridine rings is 1. The Balaban J connectivity index is 2.61. The van der Waals surface area contributed by atoms with Crippen LogP contribution < -0.4 is 9.47 Å². The van der Waals surface area contributed by atoms with Crippen LogP contribution in [0, 0.1) is 46.7 Å². The van der Waals surface area contributed by atoms with E-state index in [4.69, 9.17) is 16.3 Å². The van der Waals surface area contributed by atoms with Crippen molar-refractivity contribution >= 4 is 11.6 Å². The monoisotopic (exact) mass is 305 g/mol. The van der Waals surface area contributed by atoms with E-state index in [1.54, 1.807) is 13.8 Å². The largest absolute Gasteiger partial charge is 0.616 e. The predicted octanol–water partition coefficient (Wildman–Crippen LogP) is 4.62. The number of ether oxygens (including phenoxy) is 1. The summed E-state index contributed by atoms with van der Waals surface area (Å²) >= 11 is 6.30. The molecule has 2 aromatic rings. The summed E-state index contributed by atoms with van der Waals surface area (Å²) in [7, 11) is 0. The molecule has 0 bridgehead atoms. The Morgan fingerprint density at radius 2 is 1.48 bits per heavy atom. The van der Waals surface area contributed by atoms with Crippen molar-refractivity contribution in [2.24, 2.45) is 0 Å². The quantitative estimate of drug-likeness (QED) is 0.600. The van der Waals surface area contributed by atoms with Gasteiger partial charge in [-0.3, -0.25) is 0 Å². The molecule has 1 heterocycles. The van der Waals surface area contributed by atoms with E-state index < -0.39 is 0 Å². The zero-order valence-corrected chi connectivity index (χ0v) is 14.1. The van der Waals surface area contributed by atoms with Crippen LogP contribution in [0.4, 0.5) is 0 Å². The molecule has 0 unspecified atom stereocenters. The van der Waals surface area contributed by atoms with Crippen molar-refractivity contribution in [3.05, 3.63) is 55.9 Å². The van der Waals surface area contributed by atoms with Gasteiger partial charge in [-0.05, 0) is 45.7 Å². The Kier molecular flexibility index (Phi) is 4.15. The fourth-order valence-electron chi connectivity index (χ4n) is 2.53. The van der Waals surface area contributed by atoms with Crippen molar-refractivity contribution in [1.29, 1.82) is 0 Å². The summed E-state index contributed by atoms with van der Waals surface area (Å²) in [5, 5.41) is 13.0. The number of benzene rings is 1. The van der Waals surface area contributed by atoms with Crippen molar-refractivity contribution in [2.75, 3.05) is 0 Å². The van der Waals surface area contributed by atoms with Crippen LogP contribution in [0.3, 0.4) is 0 Å². The minimum absolute atomic E-state index is 0.248. The zero-order chi connectivity index (χ0) is 15.9. The minimum Gasteiger partial charge on any atom is -0.616 e. The van der Waals surface area contributed by atoms with Crippen LogP contribution >= 0.6 is 11.6 Å². The number of hydrogen-bond donors (Lipinski definition) is 0. The van der Waals surface area contributed by atoms with E-state index >= 15 is 0 Å². The second-order valence-corrected chi connectivity index (χ2v) is 5.96. The fraction of sp³-hybridized carbons (Fsp3) is 0.353. The Bertz CT molecular complexity index is 671. The predicted molar refractivity (Wildman–Crippen MR) is 85.4 cm³/mol. The van der Waals surface area contributed by atoms with Crippen LogP contribution in [-0.4, -0.2) is 0 Å². The topological polar surface area (TPSA) is 36.2 Å². The number of nitrogens with zero attached hydrogens (tertiary/aromatic N) is 1. The van der Waals surface area contributed by atoms with E-state index in [2.05, 4.69) is 0 Å². The molecule has 1 aromatic carbocycles. The van der Waals surface area contributed by atoms with Gasteiger partial charge in [0.05, 0.1) is 10.6 Å². The van der Waals surface area contributed by atoms with Gasteiger partial charge in [0.25, 0.3) is 0 Å². The first-order chi connectivity index (χ1) is 9.73. The molecule has 1 aromatic heterocycles. The maximum Gasteiger partial charge on any atom is 0.389 e. The summed E-state index contributed by atoms with van der Waals surface area (Å²) in [6.45, 7) is 11.4. The number of aromatic nitrogens is 1. The molecule has 3 nitrogen and oxygen atoms in total. The van der Waals surface area contributed by atoms with Gasteiger partial charge >= 0.3 is 5.88 Å². The minimum atomic E-state index is 0.248. The van der Waals surface area contributed by atoms with Gasteiger partial charge in [0, 0.05) is 12.5 Å². The Hall–Kier alpha value is -1.74. The molecule has 0 amide bonds. The molecule has 0 aliphatic rings. The van der Waals surface area contributed by atoms with Crippen LogP contribution in [0.1, 0.15) is 33.5 Å². The highest BCUT2D eigenvalue weighted by Crippen LogP contribution is 2.33. The summed E-state index contributed by atoms with van der Waals surface area (Å²) in [6.07, 6.45) is 0. The lowest BCUT2D eigenvalue weighted by Crippen LogP contribution is -2.34. The molecule has 2 rings (SSSR count). The summed E-state index contributed by atoms with van der Waals surface area (Å²) in [4.78, 5) is 0. The molecule has 0 saturated heterocycles. The van der Waals surface area contributed by atoms with E-state index in [1.807, 2.05) is 39.8 Å². The average Bonchev–Trinajstić information content (AvgIpc) is 2.41. The van der Waals surface area contributed by atoms with Crippen LogP contribution in [0.2, 0.25) is 5.02 Å². The maximum absolute atomic E-state index is 12.4. The van der Waals surface area contributed by atoms with E-state index in [1.165, 1.54) is 5.56 Å². The highest BCUT2D eigenvalue weighted by atomic mass is 35.5. The molecule has 0 radical (unpaired) electrons. The molecule has 0 fully saturated rings. The van der Waals surface area contributed by atoms with Crippen LogP contribution in [0.15, 0.2) is 12.1 Å². The van der Waals surface area contributed by atoms with Gasteiger partial charge in [0.2, 0.25) is 0 Å². The third-order valence-corrected chi connectivity index (χ3v) is 4.38. The standard InChI is InChI=1S/C17H20ClNO2/c1-9-7-10(2)16(11(3)8-9)21-17-13(5)15(18)12(4)14(6)19(17)20/h7-8H,1-6H3. The molecular weight excluding hydrogens is 286 g/mol. The first-order valence-corrected chi connectivity index (χ1v) is 7.26. The van der Waals surface area contributed by atoms with Crippen molar-refractivity contribution in [3.8, 4) is 11.6 Å². The summed E-state index contributed by atoms with van der Waals surface area (Å²) in [5.41, 5.74) is 5.18. The molecule has 0 N–H and O–H groups in total. The van der Waals surface area contributed by atoms with Gasteiger partial charge in [0.15, 0.2) is 5.69 Å². The smallest absolute Gasteiger partial charge is 0.389 e. The first kappa shape index (κ1) is 15.6. The number of hydrogen-bond acceptors (Lipinski definition) is 2. The van der Waals surface area contributed by atoms with Crippen molar-refractivity contribution in [3.63, 3.8) is 0 Å². The molecule has 0 spiro atoms. The Morgan fingerprint density at radius 1 is 0.952 bits per heavy atom. The SMILES string of the molecule is Cc1cc(C)c(Oc2c(C)c(Cl)c(C)c(C)[n+]2[O-])c(C)c1. The molecule has 0 aliphatic carbocycles. The van der Waals surface area contributed by atoms with Crippen molar-refractivity contribution in [1.82, 2.24) is 0 Å². The maximum atomic E-state index is 12.4. The summed E-state index contributed by atoms with van der Waals surface area (Å²) in [5.74, 6) is 0.964. The second kappa shape index (κ2) is 5.57. The van der Waals surface area contributed by atoms with E-state index in [-0.39, 0.29) is 5.88 Å². The van der Waals surface area contributed by atoms with Crippen LogP contribution in [0.25, 0.3) is 0 Å². The lowest BCUT2D eigenvalue weighted by atomic mass is 10.1. The molecule has 0 atom stereocenters. The fourth-order valence-corrected chi connectivity index (χ4v) is 2.75. The molecule has 112 valence electrons. The van der Waals surface area contributed by atoms with Gasteiger partial charge in [-0.2, -0.15) is 0 Å². The van der Waals surface area contributed by atoms with Crippen LogP contribution in [-0.2, 0) is 0 Å². The number of rotatable bonds is 2. The lowest BCUT2D eigenvalue weighted by molar-refractivity contribution is -0.618. The van der Waals surface area contributed by atoms with Crippen molar-refractivity contribution in [2.45, 2.75) is 41.5 Å². The molecule has 0 saturated carbocycles. The van der Waals surface area contributed by atoms with E-state index in [9.17, 15) is 5.21 Å². The molecular formula is C17H20ClNO2. The third-order valence-electron chi connectivity index (χ3n) is 3.81. The van der Waals surface area contributed by atoms with Gasteiger partial charge in [-0.1, -0.05) is 29.3 Å². The number of aryl methyl sites for hydroxylation is 3. The van der Waals surface area contributed by atoms with Crippen molar-refractivity contribution < 1.29 is 9.47 Å². The zero-order valence-electron chi connectivity index (χ0n) is 13.3. The van der Waals surface area contributed by atoms with E-state index in [0.717, 1.165) is 21.4 Å². The Morgan fingerprint density at radius 3 is 2.00 bits per heavy atom. The summed E-state index contributed by atoms with van der Waals surface area (Å²) < 4.78 is 6.75. The van der Waals surface area contributed by atoms with Gasteiger partial charge in [0.1, 0.15) is 5.75 Å². The highest BCUT2D eigenvalue weighted by molar-refractivity contribution is 6.32. The molecule has 21 heavy (non-hydrogen) atoms. The Labute approximate surface area is 130 Å². The molecule has 0 aliphatic heterocycles. The average molecular weight is 306 g/mol. The first-order valence-electron chi connectivity index (χ1n) is 6.88. The third kappa shape index (κ3) is 2.70. The van der Waals surface area contributed by atoms with Crippen LogP contribution in [0.5, 0.6) is 11.6 Å². The van der Waals surface area contributed by atoms with E-state index in [0.29, 0.717) is 22.0 Å². The van der Waals surface area contributed by atoms with Gasteiger partial charge in [-0.25, -0.2) is 0 Å².